The minimum absolute atomic E-state index is 0.237. The fourth-order valence-electron chi connectivity index (χ4n) is 2.52. The standard InChI is InChI=1S/C15H12N2O2S/c18-14-4-1-10-7-12(2-3-13(10)14)19-9-11-8-17-5-6-20-15(17)16-11/h2-3,5-8H,1,4,9H2. The largest absolute Gasteiger partial charge is 0.487 e. The zero-order chi connectivity index (χ0) is 13.5. The molecule has 2 heterocycles. The van der Waals surface area contributed by atoms with E-state index in [1.54, 1.807) is 11.3 Å². The van der Waals surface area contributed by atoms with Crippen LogP contribution in [0.2, 0.25) is 0 Å². The Kier molecular flexibility index (Phi) is 2.60. The highest BCUT2D eigenvalue weighted by atomic mass is 32.1. The Morgan fingerprint density at radius 1 is 1.35 bits per heavy atom. The Hall–Kier alpha value is -2.14. The molecular weight excluding hydrogens is 272 g/mol. The molecule has 1 aromatic carbocycles. The summed E-state index contributed by atoms with van der Waals surface area (Å²) in [6, 6.07) is 5.70. The van der Waals surface area contributed by atoms with Crippen molar-refractivity contribution in [3.63, 3.8) is 0 Å². The molecule has 4 nitrogen and oxygen atoms in total. The first-order chi connectivity index (χ1) is 9.79. The first-order valence-electron chi connectivity index (χ1n) is 6.49. The molecule has 0 saturated heterocycles. The van der Waals surface area contributed by atoms with E-state index in [4.69, 9.17) is 4.74 Å². The van der Waals surface area contributed by atoms with Gasteiger partial charge in [0.2, 0.25) is 0 Å². The van der Waals surface area contributed by atoms with Gasteiger partial charge >= 0.3 is 0 Å². The summed E-state index contributed by atoms with van der Waals surface area (Å²) in [7, 11) is 0. The van der Waals surface area contributed by atoms with Crippen LogP contribution in [0.3, 0.4) is 0 Å². The summed E-state index contributed by atoms with van der Waals surface area (Å²) in [5.74, 6) is 1.04. The number of hydrogen-bond donors (Lipinski definition) is 0. The number of benzene rings is 1. The average molecular weight is 284 g/mol. The SMILES string of the molecule is O=C1CCc2cc(OCc3cn4ccsc4n3)ccc21. The van der Waals surface area contributed by atoms with Crippen molar-refractivity contribution in [1.82, 2.24) is 9.38 Å². The minimum atomic E-state index is 0.237. The topological polar surface area (TPSA) is 43.6 Å². The number of ether oxygens (including phenoxy) is 1. The van der Waals surface area contributed by atoms with Gasteiger partial charge in [-0.25, -0.2) is 4.98 Å². The number of ketones is 1. The fraction of sp³-hybridized carbons (Fsp3) is 0.200. The highest BCUT2D eigenvalue weighted by molar-refractivity contribution is 7.15. The van der Waals surface area contributed by atoms with Crippen LogP contribution in [0, 0.1) is 0 Å². The molecule has 0 radical (unpaired) electrons. The van der Waals surface area contributed by atoms with Crippen molar-refractivity contribution >= 4 is 22.1 Å². The van der Waals surface area contributed by atoms with Gasteiger partial charge in [-0.2, -0.15) is 0 Å². The van der Waals surface area contributed by atoms with E-state index in [1.807, 2.05) is 40.4 Å². The fourth-order valence-corrected chi connectivity index (χ4v) is 3.24. The molecule has 0 atom stereocenters. The van der Waals surface area contributed by atoms with Crippen molar-refractivity contribution in [2.24, 2.45) is 0 Å². The number of hydrogen-bond acceptors (Lipinski definition) is 4. The average Bonchev–Trinajstić information content (AvgIpc) is 3.11. The molecule has 0 amide bonds. The molecule has 4 rings (SSSR count). The summed E-state index contributed by atoms with van der Waals surface area (Å²) < 4.78 is 7.76. The van der Waals surface area contributed by atoms with E-state index in [9.17, 15) is 4.79 Å². The highest BCUT2D eigenvalue weighted by Gasteiger charge is 2.19. The van der Waals surface area contributed by atoms with Gasteiger partial charge in [-0.05, 0) is 30.2 Å². The molecule has 1 aliphatic carbocycles. The van der Waals surface area contributed by atoms with Crippen LogP contribution in [0.15, 0.2) is 36.0 Å². The number of Topliss-reactive ketones (excluding diaryl/α,β-unsaturated/α-hetero) is 1. The molecule has 100 valence electrons. The van der Waals surface area contributed by atoms with E-state index in [0.29, 0.717) is 13.0 Å². The van der Waals surface area contributed by atoms with Crippen LogP contribution in [0.4, 0.5) is 0 Å². The number of imidazole rings is 1. The van der Waals surface area contributed by atoms with Crippen LogP contribution in [0.5, 0.6) is 5.75 Å². The Bertz CT molecular complexity index is 775. The maximum absolute atomic E-state index is 11.6. The molecule has 2 aromatic heterocycles. The summed E-state index contributed by atoms with van der Waals surface area (Å²) in [5.41, 5.74) is 2.85. The van der Waals surface area contributed by atoms with Crippen molar-refractivity contribution in [2.75, 3.05) is 0 Å². The molecule has 0 bridgehead atoms. The smallest absolute Gasteiger partial charge is 0.193 e. The second-order valence-corrected chi connectivity index (χ2v) is 5.73. The number of nitrogens with zero attached hydrogens (tertiary/aromatic N) is 2. The van der Waals surface area contributed by atoms with Crippen molar-refractivity contribution < 1.29 is 9.53 Å². The molecule has 0 saturated carbocycles. The van der Waals surface area contributed by atoms with Gasteiger partial charge in [-0.1, -0.05) is 0 Å². The first-order valence-corrected chi connectivity index (χ1v) is 7.37. The van der Waals surface area contributed by atoms with E-state index in [-0.39, 0.29) is 5.78 Å². The second-order valence-electron chi connectivity index (χ2n) is 4.86. The summed E-state index contributed by atoms with van der Waals surface area (Å²) in [4.78, 5) is 17.0. The number of aryl methyl sites for hydroxylation is 1. The normalized spacial score (nSPS) is 13.9. The van der Waals surface area contributed by atoms with E-state index >= 15 is 0 Å². The van der Waals surface area contributed by atoms with Crippen LogP contribution in [0.1, 0.15) is 28.0 Å². The Balaban J connectivity index is 1.52. The zero-order valence-corrected chi connectivity index (χ0v) is 11.5. The van der Waals surface area contributed by atoms with E-state index in [2.05, 4.69) is 4.98 Å². The van der Waals surface area contributed by atoms with Crippen LogP contribution < -0.4 is 4.74 Å². The van der Waals surface area contributed by atoms with E-state index in [0.717, 1.165) is 34.0 Å². The molecule has 0 unspecified atom stereocenters. The van der Waals surface area contributed by atoms with Gasteiger partial charge in [-0.15, -0.1) is 11.3 Å². The molecule has 3 aromatic rings. The summed E-state index contributed by atoms with van der Waals surface area (Å²) in [6.07, 6.45) is 5.40. The molecule has 1 aliphatic rings. The van der Waals surface area contributed by atoms with E-state index < -0.39 is 0 Å². The number of fused-ring (bicyclic) bond motifs is 2. The Morgan fingerprint density at radius 2 is 2.30 bits per heavy atom. The van der Waals surface area contributed by atoms with Crippen LogP contribution in [-0.2, 0) is 13.0 Å². The molecule has 0 fully saturated rings. The molecule has 5 heteroatoms. The number of rotatable bonds is 3. The van der Waals surface area contributed by atoms with Crippen LogP contribution in [0.25, 0.3) is 4.96 Å². The van der Waals surface area contributed by atoms with Gasteiger partial charge in [0.25, 0.3) is 0 Å². The lowest BCUT2D eigenvalue weighted by Crippen LogP contribution is -1.97. The van der Waals surface area contributed by atoms with Gasteiger partial charge < -0.3 is 4.74 Å². The maximum Gasteiger partial charge on any atom is 0.193 e. The first kappa shape index (κ1) is 11.7. The quantitative estimate of drug-likeness (QED) is 0.742. The van der Waals surface area contributed by atoms with Gasteiger partial charge in [0, 0.05) is 29.8 Å². The van der Waals surface area contributed by atoms with Gasteiger partial charge in [0.15, 0.2) is 10.7 Å². The number of carbonyl (C=O) groups excluding carboxylic acids is 1. The lowest BCUT2D eigenvalue weighted by atomic mass is 10.1. The summed E-state index contributed by atoms with van der Waals surface area (Å²) >= 11 is 1.61. The predicted molar refractivity (Wildman–Crippen MR) is 76.5 cm³/mol. The second kappa shape index (κ2) is 4.45. The van der Waals surface area contributed by atoms with E-state index in [1.165, 1.54) is 0 Å². The monoisotopic (exact) mass is 284 g/mol. The number of aromatic nitrogens is 2. The number of thiazole rings is 1. The predicted octanol–water partition coefficient (Wildman–Crippen LogP) is 3.10. The summed E-state index contributed by atoms with van der Waals surface area (Å²) in [5, 5.41) is 2.00. The minimum Gasteiger partial charge on any atom is -0.487 e. The van der Waals surface area contributed by atoms with Crippen LogP contribution in [-0.4, -0.2) is 15.2 Å². The van der Waals surface area contributed by atoms with Crippen LogP contribution >= 0.6 is 11.3 Å². The van der Waals surface area contributed by atoms with Crippen molar-refractivity contribution in [3.05, 3.63) is 52.8 Å². The lowest BCUT2D eigenvalue weighted by Gasteiger charge is -2.06. The molecule has 0 spiro atoms. The van der Waals surface area contributed by atoms with Gasteiger partial charge in [0.1, 0.15) is 12.4 Å². The van der Waals surface area contributed by atoms with Gasteiger partial charge in [0.05, 0.1) is 5.69 Å². The zero-order valence-electron chi connectivity index (χ0n) is 10.7. The summed E-state index contributed by atoms with van der Waals surface area (Å²) in [6.45, 7) is 0.446. The molecule has 20 heavy (non-hydrogen) atoms. The third kappa shape index (κ3) is 1.91. The van der Waals surface area contributed by atoms with Crippen molar-refractivity contribution in [3.8, 4) is 5.75 Å². The third-order valence-corrected chi connectivity index (χ3v) is 4.30. The molecule has 0 aliphatic heterocycles. The maximum atomic E-state index is 11.6. The third-order valence-electron chi connectivity index (χ3n) is 3.53. The van der Waals surface area contributed by atoms with Crippen molar-refractivity contribution in [1.29, 1.82) is 0 Å². The van der Waals surface area contributed by atoms with Crippen molar-refractivity contribution in [2.45, 2.75) is 19.4 Å². The molecular formula is C15H12N2O2S. The Labute approximate surface area is 119 Å². The Morgan fingerprint density at radius 3 is 3.20 bits per heavy atom. The molecule has 0 N–H and O–H groups in total. The lowest BCUT2D eigenvalue weighted by molar-refractivity contribution is 0.0994. The highest BCUT2D eigenvalue weighted by Crippen LogP contribution is 2.26. The van der Waals surface area contributed by atoms with Gasteiger partial charge in [-0.3, -0.25) is 9.20 Å². The number of carbonyl (C=O) groups is 1.